The number of rotatable bonds is 9. The Balaban J connectivity index is 1.88. The molecule has 0 saturated carbocycles. The molecule has 0 radical (unpaired) electrons. The van der Waals surface area contributed by atoms with Crippen molar-refractivity contribution in [3.8, 4) is 5.75 Å². The molecule has 1 heterocycles. The van der Waals surface area contributed by atoms with Crippen molar-refractivity contribution in [2.45, 2.75) is 79.4 Å². The number of ether oxygens (including phenoxy) is 3. The van der Waals surface area contributed by atoms with E-state index in [-0.39, 0.29) is 17.8 Å². The second-order valence-corrected chi connectivity index (χ2v) is 11.5. The molecule has 1 unspecified atom stereocenters. The third-order valence-corrected chi connectivity index (χ3v) is 6.91. The van der Waals surface area contributed by atoms with E-state index in [0.29, 0.717) is 42.8 Å². The first-order chi connectivity index (χ1) is 18.2. The van der Waals surface area contributed by atoms with E-state index >= 15 is 0 Å². The maximum Gasteiger partial charge on any atom is 0.408 e. The summed E-state index contributed by atoms with van der Waals surface area (Å²) < 4.78 is 16.2. The number of esters is 1. The summed E-state index contributed by atoms with van der Waals surface area (Å²) in [7, 11) is 1.27. The number of piperidine rings is 1. The van der Waals surface area contributed by atoms with E-state index < -0.39 is 23.7 Å². The molecule has 10 heteroatoms. The lowest BCUT2D eigenvalue weighted by atomic mass is 9.84. The Bertz CT molecular complexity index is 1010. The molecule has 1 aliphatic rings. The summed E-state index contributed by atoms with van der Waals surface area (Å²) in [5.74, 6) is 0.879. The molecule has 0 bridgehead atoms. The van der Waals surface area contributed by atoms with E-state index in [4.69, 9.17) is 14.2 Å². The van der Waals surface area contributed by atoms with Crippen LogP contribution in [0.4, 0.5) is 9.59 Å². The first kappa shape index (κ1) is 31.9. The van der Waals surface area contributed by atoms with Crippen LogP contribution in [0.5, 0.6) is 5.75 Å². The van der Waals surface area contributed by atoms with Crippen LogP contribution in [0.25, 0.3) is 5.41 Å². The van der Waals surface area contributed by atoms with E-state index in [9.17, 15) is 19.8 Å². The van der Waals surface area contributed by atoms with Crippen molar-refractivity contribution in [2.24, 2.45) is 17.8 Å². The Morgan fingerprint density at radius 3 is 2.31 bits per heavy atom. The number of methoxy groups -OCH3 is 1. The van der Waals surface area contributed by atoms with E-state index in [0.717, 1.165) is 24.8 Å². The number of hydrogen-bond acceptors (Lipinski definition) is 6. The summed E-state index contributed by atoms with van der Waals surface area (Å²) in [5, 5.41) is 15.0. The van der Waals surface area contributed by atoms with Crippen LogP contribution < -0.4 is 15.4 Å². The van der Waals surface area contributed by atoms with Crippen LogP contribution in [-0.4, -0.2) is 61.2 Å². The predicted molar refractivity (Wildman–Crippen MR) is 151 cm³/mol. The molecule has 0 aliphatic carbocycles. The Labute approximate surface area is 232 Å². The molecule has 1 saturated heterocycles. The number of benzene rings is 1. The number of amidine groups is 1. The Morgan fingerprint density at radius 2 is 1.77 bits per heavy atom. The molecule has 1 aromatic carbocycles. The topological polar surface area (TPSA) is 128 Å². The van der Waals surface area contributed by atoms with Crippen LogP contribution in [0.15, 0.2) is 18.2 Å². The van der Waals surface area contributed by atoms with Gasteiger partial charge in [0.2, 0.25) is 6.03 Å². The summed E-state index contributed by atoms with van der Waals surface area (Å²) in [6, 6.07) is 4.13. The molecule has 218 valence electrons. The van der Waals surface area contributed by atoms with Crippen LogP contribution in [-0.2, 0) is 14.3 Å². The van der Waals surface area contributed by atoms with Gasteiger partial charge in [0.1, 0.15) is 11.4 Å². The summed E-state index contributed by atoms with van der Waals surface area (Å²) in [4.78, 5) is 38.8. The number of carbonyl (C=O) groups is 3. The standard InChI is InChI=1S/C29H45N4O6/c1-18(2)25(30)32-27(35)33-14-11-21(12-15-33)19(3)13-16-38-22-9-10-23(20(4)17-22)24(26(34)37-8)31-28(36)39-29(5,6)7/h9-10,17-19,21,24H,11-16H2,1-8H3,(H2-,30,31,32,35,36)/q-1/t19-,24?/m1/s1. The predicted octanol–water partition coefficient (Wildman–Crippen LogP) is 5.18. The monoisotopic (exact) mass is 545 g/mol. The summed E-state index contributed by atoms with van der Waals surface area (Å²) >= 11 is 0. The minimum absolute atomic E-state index is 0.00368. The first-order valence-electron chi connectivity index (χ1n) is 13.6. The molecule has 2 rings (SSSR count). The van der Waals surface area contributed by atoms with Crippen molar-refractivity contribution < 1.29 is 28.6 Å². The molecule has 10 nitrogen and oxygen atoms in total. The van der Waals surface area contributed by atoms with E-state index in [1.54, 1.807) is 37.8 Å². The molecule has 1 fully saturated rings. The average Bonchev–Trinajstić information content (AvgIpc) is 2.86. The van der Waals surface area contributed by atoms with Crippen molar-refractivity contribution in [3.63, 3.8) is 0 Å². The van der Waals surface area contributed by atoms with Gasteiger partial charge in [-0.1, -0.05) is 32.7 Å². The molecule has 2 atom stereocenters. The second-order valence-electron chi connectivity index (χ2n) is 11.5. The van der Waals surface area contributed by atoms with Crippen molar-refractivity contribution in [3.05, 3.63) is 34.7 Å². The van der Waals surface area contributed by atoms with Gasteiger partial charge in [0.25, 0.3) is 0 Å². The van der Waals surface area contributed by atoms with Gasteiger partial charge in [-0.15, -0.1) is 0 Å². The fourth-order valence-electron chi connectivity index (χ4n) is 4.47. The van der Waals surface area contributed by atoms with Crippen LogP contribution in [0.1, 0.15) is 78.0 Å². The first-order valence-corrected chi connectivity index (χ1v) is 13.6. The highest BCUT2D eigenvalue weighted by Crippen LogP contribution is 2.28. The number of hydrogen-bond donors (Lipinski definition) is 2. The van der Waals surface area contributed by atoms with Gasteiger partial charge in [0.15, 0.2) is 6.04 Å². The molecular weight excluding hydrogens is 500 g/mol. The molecule has 3 amide bonds. The van der Waals surface area contributed by atoms with Crippen LogP contribution in [0, 0.1) is 24.7 Å². The second kappa shape index (κ2) is 14.2. The van der Waals surface area contributed by atoms with Gasteiger partial charge in [0, 0.05) is 13.1 Å². The smallest absolute Gasteiger partial charge is 0.408 e. The molecule has 0 aromatic heterocycles. The quantitative estimate of drug-likeness (QED) is 0.250. The molecule has 1 aromatic rings. The Kier molecular flexibility index (Phi) is 11.6. The van der Waals surface area contributed by atoms with Gasteiger partial charge >= 0.3 is 12.1 Å². The van der Waals surface area contributed by atoms with Crippen LogP contribution in [0.3, 0.4) is 0 Å². The average molecular weight is 546 g/mol. The molecular formula is C29H45N4O6-. The van der Waals surface area contributed by atoms with Crippen molar-refractivity contribution in [1.82, 2.24) is 15.5 Å². The lowest BCUT2D eigenvalue weighted by molar-refractivity contribution is -0.143. The number of nitrogens with one attached hydrogen (secondary N) is 2. The Hall–Kier alpha value is -3.30. The van der Waals surface area contributed by atoms with E-state index in [1.807, 2.05) is 26.8 Å². The number of aryl methyl sites for hydroxylation is 1. The van der Waals surface area contributed by atoms with Gasteiger partial charge in [0.05, 0.1) is 13.7 Å². The normalized spacial score (nSPS) is 15.8. The zero-order chi connectivity index (χ0) is 29.3. The van der Waals surface area contributed by atoms with Crippen molar-refractivity contribution in [2.75, 3.05) is 26.8 Å². The number of urea groups is 1. The van der Waals surface area contributed by atoms with E-state index in [2.05, 4.69) is 17.6 Å². The van der Waals surface area contributed by atoms with Gasteiger partial charge < -0.3 is 35.2 Å². The number of alkyl carbamates (subject to hydrolysis) is 1. The van der Waals surface area contributed by atoms with Gasteiger partial charge in [-0.05, 0) is 88.0 Å². The third kappa shape index (κ3) is 10.1. The molecule has 39 heavy (non-hydrogen) atoms. The maximum absolute atomic E-state index is 12.4. The zero-order valence-electron chi connectivity index (χ0n) is 24.6. The van der Waals surface area contributed by atoms with Crippen molar-refractivity contribution in [1.29, 1.82) is 0 Å². The Morgan fingerprint density at radius 1 is 1.13 bits per heavy atom. The van der Waals surface area contributed by atoms with E-state index in [1.165, 1.54) is 7.11 Å². The summed E-state index contributed by atoms with van der Waals surface area (Å²) in [6.07, 6.45) is 1.98. The fraction of sp³-hybridized carbons (Fsp3) is 0.655. The van der Waals surface area contributed by atoms with Crippen LogP contribution in [0.2, 0.25) is 0 Å². The van der Waals surface area contributed by atoms with Gasteiger partial charge in [-0.2, -0.15) is 0 Å². The van der Waals surface area contributed by atoms with Gasteiger partial charge in [-0.3, -0.25) is 4.79 Å². The van der Waals surface area contributed by atoms with Crippen LogP contribution >= 0.6 is 0 Å². The lowest BCUT2D eigenvalue weighted by Crippen LogP contribution is -2.47. The largest absolute Gasteiger partial charge is 0.494 e. The number of amides is 3. The minimum atomic E-state index is -1.00. The van der Waals surface area contributed by atoms with Gasteiger partial charge in [-0.25, -0.2) is 9.59 Å². The maximum atomic E-state index is 12.4. The zero-order valence-corrected chi connectivity index (χ0v) is 24.6. The summed E-state index contributed by atoms with van der Waals surface area (Å²) in [6.45, 7) is 14.8. The fourth-order valence-corrected chi connectivity index (χ4v) is 4.47. The number of nitrogens with zero attached hydrogens (tertiary/aromatic N) is 2. The molecule has 1 aliphatic heterocycles. The molecule has 0 spiro atoms. The molecule has 2 N–H and O–H groups in total. The highest BCUT2D eigenvalue weighted by atomic mass is 16.6. The minimum Gasteiger partial charge on any atom is -0.494 e. The highest BCUT2D eigenvalue weighted by Gasteiger charge is 2.28. The summed E-state index contributed by atoms with van der Waals surface area (Å²) in [5.41, 5.74) is 0.679. The SMILES string of the molecule is COC(=O)C(NC(=O)OC(C)(C)C)c1ccc(OCC[C@@H](C)C2CCN(C(=O)NC(=[N-])C(C)C)CC2)cc1C. The highest BCUT2D eigenvalue weighted by molar-refractivity contribution is 6.00. The number of likely N-dealkylation sites (tertiary alicyclic amines) is 1. The number of carbonyl (C=O) groups excluding carboxylic acids is 3. The van der Waals surface area contributed by atoms with Crippen molar-refractivity contribution >= 4 is 23.9 Å². The lowest BCUT2D eigenvalue weighted by Gasteiger charge is -2.37. The third-order valence-electron chi connectivity index (χ3n) is 6.91.